The molecule has 3 N–H and O–H groups in total. The van der Waals surface area contributed by atoms with Crippen molar-refractivity contribution in [1.82, 2.24) is 5.32 Å². The highest BCUT2D eigenvalue weighted by Gasteiger charge is 2.68. The molecule has 2 amide bonds. The number of alkyl carbamates (subject to hydrolysis) is 2. The van der Waals surface area contributed by atoms with Crippen LogP contribution in [-0.4, -0.2) is 78.0 Å². The summed E-state index contributed by atoms with van der Waals surface area (Å²) >= 11 is 0. The van der Waals surface area contributed by atoms with Gasteiger partial charge in [-0.3, -0.25) is 4.79 Å². The maximum Gasteiger partial charge on any atom is 0.417 e. The Morgan fingerprint density at radius 2 is 1.76 bits per heavy atom. The number of hydrogen-bond donors (Lipinski definition) is 3. The Morgan fingerprint density at radius 3 is 2.47 bits per heavy atom. The van der Waals surface area contributed by atoms with Crippen LogP contribution < -0.4 is 5.32 Å². The van der Waals surface area contributed by atoms with Crippen LogP contribution in [0.2, 0.25) is 0 Å². The number of carbonyl (C=O) groups excluding carboxylic acids is 3. The van der Waals surface area contributed by atoms with Crippen LogP contribution in [0.5, 0.6) is 0 Å². The zero-order valence-corrected chi connectivity index (χ0v) is 22.7. The number of ether oxygens (including phenoxy) is 4. The van der Waals surface area contributed by atoms with Crippen LogP contribution in [0.3, 0.4) is 0 Å². The van der Waals surface area contributed by atoms with Crippen LogP contribution in [0.4, 0.5) is 9.59 Å². The van der Waals surface area contributed by atoms with Gasteiger partial charge in [-0.25, -0.2) is 14.9 Å². The Kier molecular flexibility index (Phi) is 6.94. The first kappa shape index (κ1) is 27.6. The average Bonchev–Trinajstić information content (AvgIpc) is 3.55. The van der Waals surface area contributed by atoms with E-state index in [9.17, 15) is 24.6 Å². The zero-order chi connectivity index (χ0) is 27.6. The highest BCUT2D eigenvalue weighted by molar-refractivity contribution is 5.88. The van der Waals surface area contributed by atoms with Crippen molar-refractivity contribution in [2.75, 3.05) is 13.2 Å². The standard InChI is InChI=1S/C28H41NO9/c1-6-26(4)11-19(38-25(34)29-24(33)37-18-13-36-20-17(31)12-35-21(18)20)27(5)14(2)7-9-28(15(3)23(26)32)10-8-16(30)22(27)28/h6,14-15,17-23,31-32H,1,7-13H2,2-5H3,(H,29,33,34)/t14?,15-,17+,18-,19+,20+,21+,22-,23-,26+,27+,28-/m0/s1. The fraction of sp³-hybridized carbons (Fsp3) is 0.821. The third-order valence-electron chi connectivity index (χ3n) is 11.0. The van der Waals surface area contributed by atoms with Gasteiger partial charge < -0.3 is 29.2 Å². The number of aliphatic hydroxyl groups is 2. The molecule has 1 unspecified atom stereocenters. The van der Waals surface area contributed by atoms with E-state index in [1.807, 2.05) is 20.8 Å². The van der Waals surface area contributed by atoms with Crippen molar-refractivity contribution in [3.63, 3.8) is 0 Å². The van der Waals surface area contributed by atoms with Crippen molar-refractivity contribution < 1.29 is 43.5 Å². The third-order valence-corrected chi connectivity index (χ3v) is 11.0. The van der Waals surface area contributed by atoms with Crippen LogP contribution in [0, 0.1) is 34.0 Å². The monoisotopic (exact) mass is 535 g/mol. The van der Waals surface area contributed by atoms with Crippen molar-refractivity contribution in [3.05, 3.63) is 12.7 Å². The lowest BCUT2D eigenvalue weighted by molar-refractivity contribution is -0.191. The van der Waals surface area contributed by atoms with E-state index in [0.29, 0.717) is 12.8 Å². The van der Waals surface area contributed by atoms with Gasteiger partial charge in [0.2, 0.25) is 0 Å². The summed E-state index contributed by atoms with van der Waals surface area (Å²) in [5.41, 5.74) is -1.85. The molecule has 3 saturated carbocycles. The fourth-order valence-corrected chi connectivity index (χ4v) is 8.46. The fourth-order valence-electron chi connectivity index (χ4n) is 8.46. The lowest BCUT2D eigenvalue weighted by atomic mass is 9.44. The predicted octanol–water partition coefficient (Wildman–Crippen LogP) is 2.74. The average molecular weight is 536 g/mol. The van der Waals surface area contributed by atoms with Gasteiger partial charge in [0.05, 0.1) is 19.3 Å². The molecule has 2 heterocycles. The molecule has 5 aliphatic rings. The summed E-state index contributed by atoms with van der Waals surface area (Å²) in [5, 5.41) is 23.6. The largest absolute Gasteiger partial charge is 0.445 e. The number of imide groups is 1. The summed E-state index contributed by atoms with van der Waals surface area (Å²) in [4.78, 5) is 39.1. The molecule has 2 saturated heterocycles. The van der Waals surface area contributed by atoms with E-state index in [-0.39, 0.29) is 48.6 Å². The lowest BCUT2D eigenvalue weighted by Crippen LogP contribution is -2.63. The van der Waals surface area contributed by atoms with Gasteiger partial charge in [0.1, 0.15) is 30.2 Å². The molecule has 12 atom stereocenters. The third kappa shape index (κ3) is 4.01. The molecule has 212 valence electrons. The second kappa shape index (κ2) is 9.57. The number of Topliss-reactive ketones (excluding diaryl/α,β-unsaturated/α-hetero) is 1. The maximum atomic E-state index is 13.5. The lowest BCUT2D eigenvalue weighted by Gasteiger charge is -2.61. The number of hydrogen-bond acceptors (Lipinski definition) is 9. The summed E-state index contributed by atoms with van der Waals surface area (Å²) in [7, 11) is 0. The van der Waals surface area contributed by atoms with Gasteiger partial charge in [-0.2, -0.15) is 0 Å². The van der Waals surface area contributed by atoms with Gasteiger partial charge in [-0.1, -0.05) is 33.8 Å². The molecule has 0 aromatic rings. The first-order chi connectivity index (χ1) is 17.9. The van der Waals surface area contributed by atoms with Gasteiger partial charge in [0.25, 0.3) is 0 Å². The molecule has 10 nitrogen and oxygen atoms in total. The molecule has 0 aromatic heterocycles. The van der Waals surface area contributed by atoms with E-state index in [1.54, 1.807) is 6.08 Å². The SMILES string of the molecule is C=C[C@]1(C)C[C@@H](OC(=O)NC(=O)O[C@H]2CO[C@H]3[C@@H]2OC[C@H]3O)[C@@]2(C)C(C)CC[C@]3(CCC(=O)[C@H]32)[C@@H](C)[C@@H]1O. The summed E-state index contributed by atoms with van der Waals surface area (Å²) < 4.78 is 22.3. The van der Waals surface area contributed by atoms with Crippen LogP contribution >= 0.6 is 0 Å². The molecule has 3 aliphatic carbocycles. The Bertz CT molecular complexity index is 1000. The minimum absolute atomic E-state index is 0.0483. The molecule has 0 spiro atoms. The Hall–Kier alpha value is -2.01. The predicted molar refractivity (Wildman–Crippen MR) is 134 cm³/mol. The zero-order valence-electron chi connectivity index (χ0n) is 22.7. The molecule has 2 bridgehead atoms. The number of ketones is 1. The van der Waals surface area contributed by atoms with Gasteiger partial charge >= 0.3 is 12.2 Å². The minimum Gasteiger partial charge on any atom is -0.445 e. The molecule has 5 fully saturated rings. The Balaban J connectivity index is 1.38. The molecule has 38 heavy (non-hydrogen) atoms. The van der Waals surface area contributed by atoms with Crippen molar-refractivity contribution in [2.45, 2.75) is 96.4 Å². The minimum atomic E-state index is -1.01. The summed E-state index contributed by atoms with van der Waals surface area (Å²) in [6, 6.07) is 0. The number of amides is 2. The van der Waals surface area contributed by atoms with Crippen molar-refractivity contribution in [1.29, 1.82) is 0 Å². The van der Waals surface area contributed by atoms with E-state index in [2.05, 4.69) is 18.8 Å². The van der Waals surface area contributed by atoms with Crippen molar-refractivity contribution in [3.8, 4) is 0 Å². The molecule has 5 rings (SSSR count). The summed E-state index contributed by atoms with van der Waals surface area (Å²) in [6.07, 6.45) is -1.42. The molecule has 0 aromatic carbocycles. The smallest absolute Gasteiger partial charge is 0.417 e. The van der Waals surface area contributed by atoms with E-state index >= 15 is 0 Å². The van der Waals surface area contributed by atoms with Gasteiger partial charge in [0.15, 0.2) is 6.10 Å². The highest BCUT2D eigenvalue weighted by Crippen LogP contribution is 2.68. The number of fused-ring (bicyclic) bond motifs is 1. The number of carbonyl (C=O) groups is 3. The topological polar surface area (TPSA) is 141 Å². The normalized spacial score (nSPS) is 49.8. The van der Waals surface area contributed by atoms with E-state index in [0.717, 1.165) is 12.8 Å². The van der Waals surface area contributed by atoms with Gasteiger partial charge in [0, 0.05) is 23.2 Å². The number of nitrogens with one attached hydrogen (secondary N) is 1. The summed E-state index contributed by atoms with van der Waals surface area (Å²) in [6.45, 7) is 12.2. The first-order valence-electron chi connectivity index (χ1n) is 13.8. The van der Waals surface area contributed by atoms with Crippen molar-refractivity contribution in [2.24, 2.45) is 34.0 Å². The Labute approximate surface area is 223 Å². The van der Waals surface area contributed by atoms with Crippen LogP contribution in [0.1, 0.15) is 59.8 Å². The molecular weight excluding hydrogens is 494 g/mol. The molecule has 2 aliphatic heterocycles. The second-order valence-electron chi connectivity index (χ2n) is 12.7. The van der Waals surface area contributed by atoms with Crippen LogP contribution in [0.25, 0.3) is 0 Å². The summed E-state index contributed by atoms with van der Waals surface area (Å²) in [5.74, 6) is -0.265. The van der Waals surface area contributed by atoms with E-state index in [1.165, 1.54) is 0 Å². The maximum absolute atomic E-state index is 13.5. The van der Waals surface area contributed by atoms with E-state index < -0.39 is 59.6 Å². The highest BCUT2D eigenvalue weighted by atomic mass is 16.6. The van der Waals surface area contributed by atoms with E-state index in [4.69, 9.17) is 18.9 Å². The van der Waals surface area contributed by atoms with Gasteiger partial charge in [-0.05, 0) is 42.9 Å². The quantitative estimate of drug-likeness (QED) is 0.465. The molecule has 10 heteroatoms. The van der Waals surface area contributed by atoms with Gasteiger partial charge in [-0.15, -0.1) is 6.58 Å². The second-order valence-corrected chi connectivity index (χ2v) is 12.7. The number of rotatable bonds is 3. The first-order valence-corrected chi connectivity index (χ1v) is 13.8. The number of aliphatic hydroxyl groups excluding tert-OH is 2. The van der Waals surface area contributed by atoms with Crippen LogP contribution in [-0.2, 0) is 23.7 Å². The molecule has 0 radical (unpaired) electrons. The van der Waals surface area contributed by atoms with Crippen LogP contribution in [0.15, 0.2) is 12.7 Å². The Morgan fingerprint density at radius 1 is 1.08 bits per heavy atom. The van der Waals surface area contributed by atoms with Crippen molar-refractivity contribution >= 4 is 18.0 Å². The molecular formula is C28H41NO9.